The van der Waals surface area contributed by atoms with Crippen LogP contribution in [0, 0.1) is 10.1 Å². The molecule has 3 N–H and O–H groups in total. The lowest BCUT2D eigenvalue weighted by atomic mass is 10.1. The molecule has 6 nitrogen and oxygen atoms in total. The molecule has 0 bridgehead atoms. The normalized spacial score (nSPS) is 11.9. The van der Waals surface area contributed by atoms with Crippen LogP contribution in [0.4, 0.5) is 11.4 Å². The zero-order chi connectivity index (χ0) is 14.4. The zero-order valence-electron chi connectivity index (χ0n) is 10.9. The minimum atomic E-state index is -0.599. The largest absolute Gasteiger partial charge is 0.398 e. The van der Waals surface area contributed by atoms with Gasteiger partial charge in [-0.15, -0.1) is 0 Å². The van der Waals surface area contributed by atoms with Crippen molar-refractivity contribution in [2.75, 3.05) is 17.7 Å². The smallest absolute Gasteiger partial charge is 0.284 e. The molecule has 1 unspecified atom stereocenters. The molecule has 0 aliphatic carbocycles. The topological polar surface area (TPSA) is 98.3 Å². The van der Waals surface area contributed by atoms with Crippen LogP contribution in [0.15, 0.2) is 18.2 Å². The van der Waals surface area contributed by atoms with Crippen molar-refractivity contribution < 1.29 is 9.72 Å². The highest BCUT2D eigenvalue weighted by Gasteiger charge is 2.23. The summed E-state index contributed by atoms with van der Waals surface area (Å²) in [7, 11) is 0. The van der Waals surface area contributed by atoms with Gasteiger partial charge in [0.15, 0.2) is 0 Å². The average molecular weight is 283 g/mol. The second-order valence-electron chi connectivity index (χ2n) is 4.15. The van der Waals surface area contributed by atoms with Gasteiger partial charge in [-0.25, -0.2) is 0 Å². The molecular weight excluding hydrogens is 266 g/mol. The maximum absolute atomic E-state index is 12.1. The number of carbonyl (C=O) groups excluding carboxylic acids is 1. The molecule has 1 aromatic rings. The third-order valence-electron chi connectivity index (χ3n) is 2.63. The van der Waals surface area contributed by atoms with E-state index in [1.54, 1.807) is 11.8 Å². The van der Waals surface area contributed by atoms with Crippen molar-refractivity contribution >= 4 is 29.0 Å². The molecule has 0 spiro atoms. The van der Waals surface area contributed by atoms with Gasteiger partial charge in [0.2, 0.25) is 0 Å². The minimum Gasteiger partial charge on any atom is -0.398 e. The Balaban J connectivity index is 2.90. The van der Waals surface area contributed by atoms with Gasteiger partial charge in [-0.1, -0.05) is 6.07 Å². The first kappa shape index (κ1) is 15.3. The van der Waals surface area contributed by atoms with Crippen molar-refractivity contribution in [1.29, 1.82) is 0 Å². The van der Waals surface area contributed by atoms with E-state index in [2.05, 4.69) is 5.32 Å². The Morgan fingerprint density at radius 3 is 2.84 bits per heavy atom. The number of thioether (sulfide) groups is 1. The maximum Gasteiger partial charge on any atom is 0.284 e. The number of nitrogens with one attached hydrogen (secondary N) is 1. The van der Waals surface area contributed by atoms with E-state index in [1.807, 2.05) is 13.2 Å². The number of hydrogen-bond acceptors (Lipinski definition) is 5. The summed E-state index contributed by atoms with van der Waals surface area (Å²) < 4.78 is 0. The summed E-state index contributed by atoms with van der Waals surface area (Å²) >= 11 is 1.68. The summed E-state index contributed by atoms with van der Waals surface area (Å²) in [5, 5.41) is 13.6. The zero-order valence-corrected chi connectivity index (χ0v) is 11.7. The number of nitro groups is 1. The summed E-state index contributed by atoms with van der Waals surface area (Å²) in [5.74, 6) is 0.409. The van der Waals surface area contributed by atoms with Crippen molar-refractivity contribution in [3.8, 4) is 0 Å². The fourth-order valence-corrected chi connectivity index (χ4v) is 2.21. The number of anilines is 1. The van der Waals surface area contributed by atoms with Crippen molar-refractivity contribution in [3.63, 3.8) is 0 Å². The number of nitro benzene ring substituents is 1. The van der Waals surface area contributed by atoms with Crippen LogP contribution >= 0.6 is 11.8 Å². The average Bonchev–Trinajstić information content (AvgIpc) is 2.35. The molecule has 1 amide bonds. The molecule has 7 heteroatoms. The fourth-order valence-electron chi connectivity index (χ4n) is 1.62. The van der Waals surface area contributed by atoms with Gasteiger partial charge in [0.25, 0.3) is 11.6 Å². The Hall–Kier alpha value is -1.76. The molecular formula is C12H17N3O3S. The van der Waals surface area contributed by atoms with Gasteiger partial charge in [0.1, 0.15) is 5.56 Å². The number of carbonyl (C=O) groups is 1. The Morgan fingerprint density at radius 2 is 2.26 bits per heavy atom. The van der Waals surface area contributed by atoms with E-state index >= 15 is 0 Å². The maximum atomic E-state index is 12.1. The second-order valence-corrected chi connectivity index (χ2v) is 5.14. The van der Waals surface area contributed by atoms with Gasteiger partial charge in [-0.05, 0) is 31.4 Å². The van der Waals surface area contributed by atoms with Crippen LogP contribution in [0.1, 0.15) is 23.7 Å². The van der Waals surface area contributed by atoms with Crippen molar-refractivity contribution in [2.24, 2.45) is 0 Å². The van der Waals surface area contributed by atoms with E-state index in [9.17, 15) is 14.9 Å². The summed E-state index contributed by atoms with van der Waals surface area (Å²) in [4.78, 5) is 22.4. The lowest BCUT2D eigenvalue weighted by molar-refractivity contribution is -0.385. The van der Waals surface area contributed by atoms with Gasteiger partial charge in [0.05, 0.1) is 10.6 Å². The highest BCUT2D eigenvalue weighted by molar-refractivity contribution is 7.98. The summed E-state index contributed by atoms with van der Waals surface area (Å²) in [6.45, 7) is 1.86. The molecule has 0 aromatic heterocycles. The minimum absolute atomic E-state index is 0.0563. The molecule has 0 saturated heterocycles. The number of nitrogens with two attached hydrogens (primary N) is 1. The fraction of sp³-hybridized carbons (Fsp3) is 0.417. The Morgan fingerprint density at radius 1 is 1.58 bits per heavy atom. The Bertz CT molecular complexity index is 479. The number of rotatable bonds is 6. The number of hydrogen-bond donors (Lipinski definition) is 2. The lowest BCUT2D eigenvalue weighted by Gasteiger charge is -2.14. The number of nitrogens with zero attached hydrogens (tertiary/aromatic N) is 1. The van der Waals surface area contributed by atoms with Crippen LogP contribution in [0.2, 0.25) is 0 Å². The van der Waals surface area contributed by atoms with Gasteiger partial charge in [0, 0.05) is 12.1 Å². The van der Waals surface area contributed by atoms with Gasteiger partial charge >= 0.3 is 0 Å². The van der Waals surface area contributed by atoms with E-state index in [0.717, 1.165) is 12.2 Å². The van der Waals surface area contributed by atoms with Crippen molar-refractivity contribution in [1.82, 2.24) is 5.32 Å². The van der Waals surface area contributed by atoms with Gasteiger partial charge in [-0.3, -0.25) is 14.9 Å². The first-order chi connectivity index (χ1) is 8.97. The van der Waals surface area contributed by atoms with Crippen LogP contribution in [-0.4, -0.2) is 28.9 Å². The van der Waals surface area contributed by atoms with E-state index in [1.165, 1.54) is 18.2 Å². The molecule has 0 aliphatic rings. The SMILES string of the molecule is CSCCC(C)NC(=O)c1c(N)cccc1[N+](=O)[O-]. The molecule has 0 heterocycles. The standard InChI is InChI=1S/C12H17N3O3S/c1-8(6-7-19-2)14-12(16)11-9(13)4-3-5-10(11)15(17)18/h3-5,8H,6-7,13H2,1-2H3,(H,14,16). The third-order valence-corrected chi connectivity index (χ3v) is 3.27. The molecule has 0 aliphatic heterocycles. The molecule has 1 aromatic carbocycles. The van der Waals surface area contributed by atoms with Crippen LogP contribution in [0.25, 0.3) is 0 Å². The summed E-state index contributed by atoms with van der Waals surface area (Å²) in [5.41, 5.74) is 5.45. The lowest BCUT2D eigenvalue weighted by Crippen LogP contribution is -2.33. The van der Waals surface area contributed by atoms with Crippen molar-refractivity contribution in [3.05, 3.63) is 33.9 Å². The van der Waals surface area contributed by atoms with E-state index in [-0.39, 0.29) is 23.0 Å². The molecule has 19 heavy (non-hydrogen) atoms. The monoisotopic (exact) mass is 283 g/mol. The number of amides is 1. The third kappa shape index (κ3) is 4.13. The van der Waals surface area contributed by atoms with Crippen molar-refractivity contribution in [2.45, 2.75) is 19.4 Å². The first-order valence-corrected chi connectivity index (χ1v) is 7.19. The predicted octanol–water partition coefficient (Wildman–Crippen LogP) is 2.05. The molecule has 1 atom stereocenters. The highest BCUT2D eigenvalue weighted by atomic mass is 32.2. The van der Waals surface area contributed by atoms with Crippen LogP contribution in [-0.2, 0) is 0 Å². The Kier molecular flexibility index (Phi) is 5.62. The van der Waals surface area contributed by atoms with E-state index in [4.69, 9.17) is 5.73 Å². The molecule has 0 fully saturated rings. The highest BCUT2D eigenvalue weighted by Crippen LogP contribution is 2.24. The Labute approximate surface area is 115 Å². The summed E-state index contributed by atoms with van der Waals surface area (Å²) in [6, 6.07) is 4.16. The predicted molar refractivity (Wildman–Crippen MR) is 77.4 cm³/mol. The van der Waals surface area contributed by atoms with Crippen LogP contribution in [0.5, 0.6) is 0 Å². The first-order valence-electron chi connectivity index (χ1n) is 5.80. The molecule has 104 valence electrons. The second kappa shape index (κ2) is 6.98. The van der Waals surface area contributed by atoms with Gasteiger partial charge < -0.3 is 11.1 Å². The molecule has 1 rings (SSSR count). The van der Waals surface area contributed by atoms with E-state index < -0.39 is 10.8 Å². The molecule has 0 saturated carbocycles. The van der Waals surface area contributed by atoms with Crippen LogP contribution in [0.3, 0.4) is 0 Å². The quantitative estimate of drug-likeness (QED) is 0.473. The van der Waals surface area contributed by atoms with Gasteiger partial charge in [-0.2, -0.15) is 11.8 Å². The number of benzene rings is 1. The number of nitrogen functional groups attached to an aromatic ring is 1. The summed E-state index contributed by atoms with van der Waals surface area (Å²) in [6.07, 6.45) is 2.78. The van der Waals surface area contributed by atoms with E-state index in [0.29, 0.717) is 0 Å². The molecule has 0 radical (unpaired) electrons. The van der Waals surface area contributed by atoms with Crippen LogP contribution < -0.4 is 11.1 Å².